The number of carbonyl (C=O) groups excluding carboxylic acids is 1. The van der Waals surface area contributed by atoms with Crippen LogP contribution in [0.5, 0.6) is 0 Å². The number of rotatable bonds is 6. The van der Waals surface area contributed by atoms with E-state index in [0.29, 0.717) is 0 Å². The topological polar surface area (TPSA) is 93.9 Å². The summed E-state index contributed by atoms with van der Waals surface area (Å²) in [6, 6.07) is 13.6. The smallest absolute Gasteiger partial charge is 0.414 e. The number of hydrogen-bond acceptors (Lipinski definition) is 5. The van der Waals surface area contributed by atoms with Gasteiger partial charge < -0.3 is 19.1 Å². The Morgan fingerprint density at radius 1 is 1.11 bits per heavy atom. The van der Waals surface area contributed by atoms with Crippen molar-refractivity contribution in [2.45, 2.75) is 76.0 Å². The second-order valence-corrected chi connectivity index (χ2v) is 10.2. The number of aryl methyl sites for hydroxylation is 1. The predicted molar refractivity (Wildman–Crippen MR) is 141 cm³/mol. The van der Waals surface area contributed by atoms with Gasteiger partial charge in [0.1, 0.15) is 5.82 Å². The number of benzene rings is 2. The molecule has 1 amide bonds. The summed E-state index contributed by atoms with van der Waals surface area (Å²) in [6.07, 6.45) is 5.60. The molecule has 0 radical (unpaired) electrons. The Morgan fingerprint density at radius 2 is 1.89 bits per heavy atom. The standard InChI is InChI=1S/C29H35N3O5/c1-18-12-13-22-24(31(18)29(35)37-3)14-15-25-27(22)30-26(32(25)20-10-7-11-21(16-20)36-2)17-23(28(33)34)19-8-5-4-6-9-19/h4-6,8-9,14-15,18,20-21,23H,7,10-13,16-17H2,1-3H3,(H,33,34)/t18-,20+,21-,23-/m0/s1. The summed E-state index contributed by atoms with van der Waals surface area (Å²) < 4.78 is 13.1. The van der Waals surface area contributed by atoms with Gasteiger partial charge in [-0.05, 0) is 63.1 Å². The first-order valence-corrected chi connectivity index (χ1v) is 13.1. The average Bonchev–Trinajstić information content (AvgIpc) is 3.30. The third-order valence-corrected chi connectivity index (χ3v) is 8.08. The number of amides is 1. The fraction of sp³-hybridized carbons (Fsp3) is 0.483. The molecule has 37 heavy (non-hydrogen) atoms. The number of ether oxygens (including phenoxy) is 2. The molecule has 2 aromatic carbocycles. The number of hydrogen-bond donors (Lipinski definition) is 1. The zero-order valence-electron chi connectivity index (χ0n) is 21.7. The van der Waals surface area contributed by atoms with Gasteiger partial charge in [-0.15, -0.1) is 0 Å². The fourth-order valence-corrected chi connectivity index (χ4v) is 6.16. The minimum absolute atomic E-state index is 0.0224. The van der Waals surface area contributed by atoms with Crippen LogP contribution < -0.4 is 4.90 Å². The molecule has 5 rings (SSSR count). The quantitative estimate of drug-likeness (QED) is 0.476. The second kappa shape index (κ2) is 10.5. The van der Waals surface area contributed by atoms with E-state index in [1.807, 2.05) is 49.4 Å². The highest BCUT2D eigenvalue weighted by Gasteiger charge is 2.34. The van der Waals surface area contributed by atoms with Gasteiger partial charge in [0.25, 0.3) is 0 Å². The third-order valence-electron chi connectivity index (χ3n) is 8.08. The molecule has 1 N–H and O–H groups in total. The molecular formula is C29H35N3O5. The number of nitrogens with zero attached hydrogens (tertiary/aromatic N) is 3. The maximum Gasteiger partial charge on any atom is 0.414 e. The van der Waals surface area contributed by atoms with Crippen LogP contribution in [0.1, 0.15) is 67.9 Å². The van der Waals surface area contributed by atoms with E-state index >= 15 is 0 Å². The van der Waals surface area contributed by atoms with Crippen molar-refractivity contribution >= 4 is 28.8 Å². The molecular weight excluding hydrogens is 470 g/mol. The summed E-state index contributed by atoms with van der Waals surface area (Å²) in [5, 5.41) is 10.2. The SMILES string of the molecule is COC(=O)N1c2ccc3c(nc(C[C@H](C(=O)O)c4ccccc4)n3[C@@H]3CCC[C@H](OC)C3)c2CC[C@@H]1C. The molecule has 0 bridgehead atoms. The first-order chi connectivity index (χ1) is 17.9. The first-order valence-electron chi connectivity index (χ1n) is 13.1. The normalized spacial score (nSPS) is 22.5. The van der Waals surface area contributed by atoms with Gasteiger partial charge in [-0.1, -0.05) is 30.3 Å². The van der Waals surface area contributed by atoms with E-state index in [4.69, 9.17) is 14.5 Å². The minimum atomic E-state index is -0.865. The number of aliphatic carboxylic acids is 1. The van der Waals surface area contributed by atoms with Crippen LogP contribution in [-0.2, 0) is 27.1 Å². The lowest BCUT2D eigenvalue weighted by atomic mass is 9.91. The monoisotopic (exact) mass is 505 g/mol. The second-order valence-electron chi connectivity index (χ2n) is 10.2. The molecule has 4 atom stereocenters. The third kappa shape index (κ3) is 4.70. The van der Waals surface area contributed by atoms with Gasteiger partial charge in [0, 0.05) is 31.2 Å². The van der Waals surface area contributed by atoms with Crippen molar-refractivity contribution in [3.05, 3.63) is 59.4 Å². The van der Waals surface area contributed by atoms with Crippen LogP contribution in [-0.4, -0.2) is 53.1 Å². The predicted octanol–water partition coefficient (Wildman–Crippen LogP) is 5.48. The molecule has 3 aromatic rings. The van der Waals surface area contributed by atoms with Gasteiger partial charge >= 0.3 is 12.1 Å². The van der Waals surface area contributed by atoms with Gasteiger partial charge in [0.05, 0.1) is 35.9 Å². The molecule has 0 unspecified atom stereocenters. The van der Waals surface area contributed by atoms with Gasteiger partial charge in [0.15, 0.2) is 0 Å². The largest absolute Gasteiger partial charge is 0.481 e. The zero-order valence-corrected chi connectivity index (χ0v) is 21.7. The Morgan fingerprint density at radius 3 is 2.59 bits per heavy atom. The fourth-order valence-electron chi connectivity index (χ4n) is 6.16. The molecule has 8 nitrogen and oxygen atoms in total. The van der Waals surface area contributed by atoms with Gasteiger partial charge in [-0.3, -0.25) is 9.69 Å². The summed E-state index contributed by atoms with van der Waals surface area (Å²) >= 11 is 0. The van der Waals surface area contributed by atoms with Gasteiger partial charge in [-0.2, -0.15) is 0 Å². The van der Waals surface area contributed by atoms with E-state index in [9.17, 15) is 14.7 Å². The van der Waals surface area contributed by atoms with Crippen LogP contribution >= 0.6 is 0 Å². The molecule has 2 heterocycles. The molecule has 1 aliphatic carbocycles. The van der Waals surface area contributed by atoms with Crippen LogP contribution in [0.4, 0.5) is 10.5 Å². The van der Waals surface area contributed by atoms with Crippen molar-refractivity contribution in [3.63, 3.8) is 0 Å². The molecule has 2 aliphatic rings. The van der Waals surface area contributed by atoms with Crippen molar-refractivity contribution in [1.29, 1.82) is 0 Å². The number of methoxy groups -OCH3 is 2. The van der Waals surface area contributed by atoms with Crippen molar-refractivity contribution in [2.24, 2.45) is 0 Å². The van der Waals surface area contributed by atoms with Crippen LogP contribution in [0.3, 0.4) is 0 Å². The highest BCUT2D eigenvalue weighted by molar-refractivity contribution is 5.95. The van der Waals surface area contributed by atoms with Crippen molar-refractivity contribution in [2.75, 3.05) is 19.1 Å². The lowest BCUT2D eigenvalue weighted by Gasteiger charge is -2.34. The zero-order chi connectivity index (χ0) is 26.1. The van der Waals surface area contributed by atoms with Gasteiger partial charge in [0.2, 0.25) is 0 Å². The van der Waals surface area contributed by atoms with Crippen LogP contribution in [0.25, 0.3) is 11.0 Å². The van der Waals surface area contributed by atoms with E-state index in [2.05, 4.69) is 4.57 Å². The summed E-state index contributed by atoms with van der Waals surface area (Å²) in [6.45, 7) is 2.03. The number of aromatic nitrogens is 2. The lowest BCUT2D eigenvalue weighted by Crippen LogP contribution is -2.42. The number of carbonyl (C=O) groups is 2. The number of anilines is 1. The highest BCUT2D eigenvalue weighted by Crippen LogP contribution is 2.40. The number of carboxylic acid groups (broad SMARTS) is 1. The van der Waals surface area contributed by atoms with E-state index in [1.165, 1.54) is 7.11 Å². The Labute approximate surface area is 217 Å². The molecule has 196 valence electrons. The first kappa shape index (κ1) is 25.3. The van der Waals surface area contributed by atoms with Crippen LogP contribution in [0, 0.1) is 0 Å². The van der Waals surface area contributed by atoms with E-state index in [0.717, 1.165) is 72.2 Å². The molecule has 8 heteroatoms. The number of imidazole rings is 1. The van der Waals surface area contributed by atoms with Crippen LogP contribution in [0.2, 0.25) is 0 Å². The maximum absolute atomic E-state index is 12.6. The minimum Gasteiger partial charge on any atom is -0.481 e. The molecule has 0 spiro atoms. The Balaban J connectivity index is 1.66. The molecule has 0 saturated heterocycles. The maximum atomic E-state index is 12.6. The van der Waals surface area contributed by atoms with Crippen molar-refractivity contribution in [1.82, 2.24) is 9.55 Å². The van der Waals surface area contributed by atoms with E-state index in [-0.39, 0.29) is 30.7 Å². The lowest BCUT2D eigenvalue weighted by molar-refractivity contribution is -0.138. The number of carboxylic acids is 1. The van der Waals surface area contributed by atoms with Gasteiger partial charge in [-0.25, -0.2) is 9.78 Å². The van der Waals surface area contributed by atoms with E-state index < -0.39 is 11.9 Å². The average molecular weight is 506 g/mol. The Hall–Kier alpha value is -3.39. The molecule has 1 aliphatic heterocycles. The Kier molecular flexibility index (Phi) is 7.20. The molecule has 1 aromatic heterocycles. The molecule has 1 fully saturated rings. The summed E-state index contributed by atoms with van der Waals surface area (Å²) in [5.74, 6) is -0.804. The Bertz CT molecular complexity index is 1290. The summed E-state index contributed by atoms with van der Waals surface area (Å²) in [7, 11) is 3.16. The van der Waals surface area contributed by atoms with Crippen LogP contribution in [0.15, 0.2) is 42.5 Å². The highest BCUT2D eigenvalue weighted by atomic mass is 16.5. The van der Waals surface area contributed by atoms with Crippen molar-refractivity contribution in [3.8, 4) is 0 Å². The number of fused-ring (bicyclic) bond motifs is 3. The summed E-state index contributed by atoms with van der Waals surface area (Å²) in [4.78, 5) is 31.9. The van der Waals surface area contributed by atoms with Crippen molar-refractivity contribution < 1.29 is 24.2 Å². The van der Waals surface area contributed by atoms with E-state index in [1.54, 1.807) is 12.0 Å². The summed E-state index contributed by atoms with van der Waals surface area (Å²) in [5.41, 5.74) is 4.45. The molecule has 1 saturated carbocycles.